The van der Waals surface area contributed by atoms with E-state index in [1.165, 1.54) is 0 Å². The van der Waals surface area contributed by atoms with Crippen LogP contribution in [0.15, 0.2) is 30.7 Å². The van der Waals surface area contributed by atoms with Crippen LogP contribution in [-0.4, -0.2) is 49.9 Å². The van der Waals surface area contributed by atoms with Gasteiger partial charge < -0.3 is 15.2 Å². The van der Waals surface area contributed by atoms with Crippen molar-refractivity contribution in [3.8, 4) is 17.5 Å². The lowest BCUT2D eigenvalue weighted by Gasteiger charge is -2.33. The van der Waals surface area contributed by atoms with E-state index >= 15 is 0 Å². The van der Waals surface area contributed by atoms with Crippen LogP contribution < -0.4 is 5.32 Å². The Morgan fingerprint density at radius 3 is 3.14 bits per heavy atom. The Hall–Kier alpha value is -3.47. The molecule has 0 unspecified atom stereocenters. The Morgan fingerprint density at radius 2 is 2.32 bits per heavy atom. The van der Waals surface area contributed by atoms with Gasteiger partial charge in [-0.15, -0.1) is 0 Å². The minimum absolute atomic E-state index is 0.0770. The third-order valence-corrected chi connectivity index (χ3v) is 4.98. The van der Waals surface area contributed by atoms with Crippen molar-refractivity contribution in [1.29, 1.82) is 5.26 Å². The van der Waals surface area contributed by atoms with Crippen molar-refractivity contribution < 1.29 is 4.79 Å². The third kappa shape index (κ3) is 3.51. The number of hydrogen-bond donors (Lipinski definition) is 2. The van der Waals surface area contributed by atoms with Crippen molar-refractivity contribution in [3.05, 3.63) is 36.4 Å². The normalized spacial score (nSPS) is 16.7. The number of piperidine rings is 1. The van der Waals surface area contributed by atoms with Crippen LogP contribution >= 0.6 is 0 Å². The molecule has 1 aliphatic rings. The lowest BCUT2D eigenvalue weighted by atomic mass is 10.0. The summed E-state index contributed by atoms with van der Waals surface area (Å²) in [4.78, 5) is 30.5. The highest BCUT2D eigenvalue weighted by Gasteiger charge is 2.25. The lowest BCUT2D eigenvalue weighted by molar-refractivity contribution is -0.131. The number of carbonyl (C=O) groups excluding carboxylic acids is 1. The number of carbonyl (C=O) groups is 1. The van der Waals surface area contributed by atoms with Gasteiger partial charge in [0, 0.05) is 48.8 Å². The molecule has 1 saturated heterocycles. The smallest absolute Gasteiger partial charge is 0.236 e. The van der Waals surface area contributed by atoms with Gasteiger partial charge in [0.15, 0.2) is 5.82 Å². The van der Waals surface area contributed by atoms with E-state index in [1.807, 2.05) is 31.3 Å². The van der Waals surface area contributed by atoms with E-state index in [0.717, 1.165) is 40.8 Å². The Balaban J connectivity index is 1.68. The molecule has 2 N–H and O–H groups in total. The molecule has 1 amide bonds. The number of anilines is 1. The number of nitrogens with zero attached hydrogens (tertiary/aromatic N) is 5. The molecule has 0 bridgehead atoms. The fraction of sp³-hybridized carbons (Fsp3) is 0.350. The van der Waals surface area contributed by atoms with Crippen LogP contribution in [0.1, 0.15) is 25.0 Å². The number of likely N-dealkylation sites (tertiary alicyclic amines) is 1. The van der Waals surface area contributed by atoms with Gasteiger partial charge in [0.1, 0.15) is 12.1 Å². The molecule has 0 aliphatic carbocycles. The second-order valence-electron chi connectivity index (χ2n) is 6.97. The lowest BCUT2D eigenvalue weighted by Crippen LogP contribution is -2.45. The number of hydrogen-bond acceptors (Lipinski definition) is 6. The SMILES string of the molecule is Cc1ccnc(-c2cnc3[nH]ccc3c2N[C@@H]2CCCN(C(=O)CC#N)C2)n1. The number of aryl methyl sites for hydroxylation is 1. The van der Waals surface area contributed by atoms with Gasteiger partial charge in [-0.2, -0.15) is 5.26 Å². The van der Waals surface area contributed by atoms with Gasteiger partial charge in [-0.25, -0.2) is 15.0 Å². The average molecular weight is 375 g/mol. The first-order chi connectivity index (χ1) is 13.7. The average Bonchev–Trinajstić information content (AvgIpc) is 3.18. The first-order valence-electron chi connectivity index (χ1n) is 9.33. The molecule has 3 aromatic rings. The molecule has 0 spiro atoms. The maximum absolute atomic E-state index is 12.1. The summed E-state index contributed by atoms with van der Waals surface area (Å²) in [6, 6.07) is 5.87. The van der Waals surface area contributed by atoms with Gasteiger partial charge in [0.05, 0.1) is 17.3 Å². The summed E-state index contributed by atoms with van der Waals surface area (Å²) >= 11 is 0. The van der Waals surface area contributed by atoms with E-state index in [1.54, 1.807) is 17.3 Å². The molecule has 1 fully saturated rings. The third-order valence-electron chi connectivity index (χ3n) is 4.98. The van der Waals surface area contributed by atoms with Crippen LogP contribution in [-0.2, 0) is 4.79 Å². The molecule has 4 rings (SSSR count). The van der Waals surface area contributed by atoms with Crippen LogP contribution in [0.4, 0.5) is 5.69 Å². The van der Waals surface area contributed by atoms with E-state index < -0.39 is 0 Å². The number of H-pyrrole nitrogens is 1. The first kappa shape index (κ1) is 17.9. The van der Waals surface area contributed by atoms with Gasteiger partial charge in [-0.3, -0.25) is 4.79 Å². The standard InChI is InChI=1S/C20H21N7O/c1-13-5-8-23-20(25-13)16-11-24-19-15(6-9-22-19)18(16)26-14-3-2-10-27(12-14)17(28)4-7-21/h5-6,8-9,11,14H,2-4,10,12H2,1H3,(H2,22,24,26)/t14-/m1/s1. The summed E-state index contributed by atoms with van der Waals surface area (Å²) in [5, 5.41) is 13.4. The molecule has 0 aromatic carbocycles. The van der Waals surface area contributed by atoms with Gasteiger partial charge in [0.25, 0.3) is 0 Å². The maximum Gasteiger partial charge on any atom is 0.236 e. The quantitative estimate of drug-likeness (QED) is 0.725. The number of aromatic amines is 1. The Kier molecular flexibility index (Phi) is 4.89. The van der Waals surface area contributed by atoms with E-state index in [0.29, 0.717) is 18.9 Å². The summed E-state index contributed by atoms with van der Waals surface area (Å²) in [5.74, 6) is 0.504. The van der Waals surface area contributed by atoms with Crippen LogP contribution in [0.5, 0.6) is 0 Å². The number of nitriles is 1. The molecule has 0 radical (unpaired) electrons. The summed E-state index contributed by atoms with van der Waals surface area (Å²) in [5.41, 5.74) is 3.41. The zero-order valence-electron chi connectivity index (χ0n) is 15.6. The Bertz CT molecular complexity index is 1050. The summed E-state index contributed by atoms with van der Waals surface area (Å²) in [6.45, 7) is 3.20. The van der Waals surface area contributed by atoms with E-state index in [4.69, 9.17) is 5.26 Å². The zero-order chi connectivity index (χ0) is 19.5. The molecule has 0 saturated carbocycles. The molecule has 8 nitrogen and oxygen atoms in total. The van der Waals surface area contributed by atoms with Crippen molar-refractivity contribution >= 4 is 22.6 Å². The molecule has 3 aromatic heterocycles. The fourth-order valence-corrected chi connectivity index (χ4v) is 3.62. The number of nitrogens with one attached hydrogen (secondary N) is 2. The highest BCUT2D eigenvalue weighted by atomic mass is 16.2. The van der Waals surface area contributed by atoms with Crippen LogP contribution in [0.3, 0.4) is 0 Å². The van der Waals surface area contributed by atoms with E-state index in [9.17, 15) is 4.79 Å². The van der Waals surface area contributed by atoms with Gasteiger partial charge in [-0.05, 0) is 31.9 Å². The first-order valence-corrected chi connectivity index (χ1v) is 9.33. The highest BCUT2D eigenvalue weighted by Crippen LogP contribution is 2.33. The van der Waals surface area contributed by atoms with Crippen molar-refractivity contribution in [2.24, 2.45) is 0 Å². The van der Waals surface area contributed by atoms with Crippen molar-refractivity contribution in [1.82, 2.24) is 24.8 Å². The number of pyridine rings is 1. The number of fused-ring (bicyclic) bond motifs is 1. The number of aromatic nitrogens is 4. The van der Waals surface area contributed by atoms with Crippen LogP contribution in [0.2, 0.25) is 0 Å². The molecule has 8 heteroatoms. The zero-order valence-corrected chi connectivity index (χ0v) is 15.6. The van der Waals surface area contributed by atoms with Crippen LogP contribution in [0.25, 0.3) is 22.4 Å². The number of rotatable bonds is 4. The predicted octanol–water partition coefficient (Wildman–Crippen LogP) is 2.64. The Morgan fingerprint density at radius 1 is 1.43 bits per heavy atom. The predicted molar refractivity (Wildman–Crippen MR) is 105 cm³/mol. The Labute approximate surface area is 162 Å². The molecule has 1 aliphatic heterocycles. The molecular weight excluding hydrogens is 354 g/mol. The van der Waals surface area contributed by atoms with Gasteiger partial charge in [-0.1, -0.05) is 0 Å². The minimum Gasteiger partial charge on any atom is -0.379 e. The summed E-state index contributed by atoms with van der Waals surface area (Å²) in [7, 11) is 0. The fourth-order valence-electron chi connectivity index (χ4n) is 3.62. The number of amides is 1. The van der Waals surface area contributed by atoms with Crippen molar-refractivity contribution in [2.45, 2.75) is 32.2 Å². The maximum atomic E-state index is 12.1. The molecule has 28 heavy (non-hydrogen) atoms. The summed E-state index contributed by atoms with van der Waals surface area (Å²) < 4.78 is 0. The molecular formula is C20H21N7O. The van der Waals surface area contributed by atoms with Gasteiger partial charge in [0.2, 0.25) is 5.91 Å². The largest absolute Gasteiger partial charge is 0.379 e. The molecule has 142 valence electrons. The van der Waals surface area contributed by atoms with Crippen molar-refractivity contribution in [3.63, 3.8) is 0 Å². The highest BCUT2D eigenvalue weighted by molar-refractivity contribution is 5.97. The topological polar surface area (TPSA) is 111 Å². The van der Waals surface area contributed by atoms with Crippen LogP contribution in [0, 0.1) is 18.3 Å². The van der Waals surface area contributed by atoms with E-state index in [-0.39, 0.29) is 18.4 Å². The molecule has 4 heterocycles. The summed E-state index contributed by atoms with van der Waals surface area (Å²) in [6.07, 6.45) is 7.13. The van der Waals surface area contributed by atoms with Gasteiger partial charge >= 0.3 is 0 Å². The minimum atomic E-state index is -0.113. The monoisotopic (exact) mass is 375 g/mol. The van der Waals surface area contributed by atoms with Crippen molar-refractivity contribution in [2.75, 3.05) is 18.4 Å². The van der Waals surface area contributed by atoms with E-state index in [2.05, 4.69) is 25.3 Å². The second-order valence-corrected chi connectivity index (χ2v) is 6.97. The second kappa shape index (κ2) is 7.64. The molecule has 1 atom stereocenters.